The molecule has 1 aliphatic carbocycles. The Morgan fingerprint density at radius 2 is 2.04 bits per heavy atom. The highest BCUT2D eigenvalue weighted by atomic mass is 35.5. The van der Waals surface area contributed by atoms with E-state index in [1.165, 1.54) is 11.1 Å². The Labute approximate surface area is 152 Å². The third-order valence-electron chi connectivity index (χ3n) is 4.69. The Bertz CT molecular complexity index is 809. The third kappa shape index (κ3) is 3.34. The normalized spacial score (nSPS) is 24.0. The van der Waals surface area contributed by atoms with Crippen LogP contribution < -0.4 is 5.73 Å². The molecule has 6 heteroatoms. The van der Waals surface area contributed by atoms with Gasteiger partial charge in [0.1, 0.15) is 12.1 Å². The van der Waals surface area contributed by atoms with E-state index in [9.17, 15) is 0 Å². The molecule has 2 heterocycles. The minimum Gasteiger partial charge on any atom is -0.462 e. The topological polar surface area (TPSA) is 80.7 Å². The average Bonchev–Trinajstić information content (AvgIpc) is 2.97. The summed E-state index contributed by atoms with van der Waals surface area (Å²) in [5.41, 5.74) is 10.1. The van der Waals surface area contributed by atoms with Gasteiger partial charge in [-0.15, -0.1) is 0 Å². The molecule has 0 bridgehead atoms. The lowest BCUT2D eigenvalue weighted by molar-refractivity contribution is 0.212. The number of aliphatic imine (C=N–C) groups is 1. The van der Waals surface area contributed by atoms with Gasteiger partial charge in [-0.3, -0.25) is 4.98 Å². The number of rotatable bonds is 1. The number of halogens is 1. The highest BCUT2D eigenvalue weighted by Crippen LogP contribution is 2.44. The van der Waals surface area contributed by atoms with E-state index in [-0.39, 0.29) is 5.54 Å². The predicted octanol–water partition coefficient (Wildman–Crippen LogP) is 3.13. The average molecular weight is 360 g/mol. The summed E-state index contributed by atoms with van der Waals surface area (Å²) < 4.78 is 5.51. The molecule has 25 heavy (non-hydrogen) atoms. The molecule has 0 fully saturated rings. The molecular weight excluding hydrogens is 338 g/mol. The first-order valence-corrected chi connectivity index (χ1v) is 8.61. The number of pyridine rings is 1. The summed E-state index contributed by atoms with van der Waals surface area (Å²) >= 11 is 6.08. The molecule has 1 aromatic carbocycles. The van der Waals surface area contributed by atoms with Gasteiger partial charge >= 0.3 is 0 Å². The summed E-state index contributed by atoms with van der Waals surface area (Å²) in [5.74, 6) is 0.555. The number of aliphatic hydroxyl groups is 1. The van der Waals surface area contributed by atoms with E-state index in [4.69, 9.17) is 27.2 Å². The molecular formula is C19H22ClN3O2. The van der Waals surface area contributed by atoms with Crippen LogP contribution in [0.1, 0.15) is 24.5 Å². The van der Waals surface area contributed by atoms with Gasteiger partial charge in [0.05, 0.1) is 5.02 Å². The Hall–Kier alpha value is -2.11. The van der Waals surface area contributed by atoms with Crippen molar-refractivity contribution in [1.29, 1.82) is 0 Å². The van der Waals surface area contributed by atoms with E-state index < -0.39 is 0 Å². The van der Waals surface area contributed by atoms with E-state index in [0.29, 0.717) is 23.6 Å². The molecule has 1 spiro atoms. The van der Waals surface area contributed by atoms with Crippen molar-refractivity contribution < 1.29 is 9.84 Å². The van der Waals surface area contributed by atoms with Crippen molar-refractivity contribution >= 4 is 17.6 Å². The monoisotopic (exact) mass is 359 g/mol. The van der Waals surface area contributed by atoms with Gasteiger partial charge in [0.15, 0.2) is 0 Å². The zero-order valence-corrected chi connectivity index (χ0v) is 15.1. The van der Waals surface area contributed by atoms with Crippen LogP contribution >= 0.6 is 11.6 Å². The Kier molecular flexibility index (Phi) is 4.97. The van der Waals surface area contributed by atoms with Gasteiger partial charge in [-0.05, 0) is 47.6 Å². The lowest BCUT2D eigenvalue weighted by Crippen LogP contribution is -2.34. The summed E-state index contributed by atoms with van der Waals surface area (Å²) in [6, 6.07) is 8.73. The predicted molar refractivity (Wildman–Crippen MR) is 99.6 cm³/mol. The van der Waals surface area contributed by atoms with E-state index in [1.54, 1.807) is 6.20 Å². The van der Waals surface area contributed by atoms with Gasteiger partial charge in [-0.25, -0.2) is 4.99 Å². The lowest BCUT2D eigenvalue weighted by atomic mass is 9.72. The van der Waals surface area contributed by atoms with Crippen molar-refractivity contribution in [3.63, 3.8) is 0 Å². The van der Waals surface area contributed by atoms with Crippen molar-refractivity contribution in [2.75, 3.05) is 13.7 Å². The molecule has 1 unspecified atom stereocenters. The van der Waals surface area contributed by atoms with E-state index in [1.807, 2.05) is 12.3 Å². The lowest BCUT2D eigenvalue weighted by Gasteiger charge is -2.35. The fourth-order valence-corrected chi connectivity index (χ4v) is 3.96. The van der Waals surface area contributed by atoms with Gasteiger partial charge in [0, 0.05) is 25.1 Å². The highest BCUT2D eigenvalue weighted by molar-refractivity contribution is 6.30. The number of benzene rings is 1. The zero-order chi connectivity index (χ0) is 18.0. The number of aliphatic hydroxyl groups excluding tert-OH is 1. The van der Waals surface area contributed by atoms with Crippen molar-refractivity contribution in [3.8, 4) is 11.1 Å². The standard InChI is InChI=1S/C18H18ClN3O.CH4O/c1-11-4-13-3-2-12(14-5-15(19)9-21-8-14)6-16(13)18(7-11)10-23-17(20)22-18;1-2/h2-3,5-6,8-9,11H,4,7,10H2,1H3,(H2,20,22);2H,1H3/t11?,18-;/m0./s1. The van der Waals surface area contributed by atoms with Crippen molar-refractivity contribution in [2.24, 2.45) is 16.6 Å². The SMILES string of the molecule is CC1Cc2ccc(-c3cncc(Cl)c3)cc2[C@@]2(COC(N)=N2)C1.CO. The van der Waals surface area contributed by atoms with Crippen LogP contribution in [0.5, 0.6) is 0 Å². The van der Waals surface area contributed by atoms with E-state index >= 15 is 0 Å². The number of ether oxygens (including phenoxy) is 1. The minimum atomic E-state index is -0.348. The van der Waals surface area contributed by atoms with Crippen LogP contribution in [0, 0.1) is 5.92 Å². The number of nitrogens with zero attached hydrogens (tertiary/aromatic N) is 2. The number of fused-ring (bicyclic) bond motifs is 2. The summed E-state index contributed by atoms with van der Waals surface area (Å²) in [5, 5.41) is 7.63. The minimum absolute atomic E-state index is 0.292. The molecule has 5 nitrogen and oxygen atoms in total. The molecule has 0 radical (unpaired) electrons. The van der Waals surface area contributed by atoms with Crippen LogP contribution in [-0.4, -0.2) is 29.8 Å². The van der Waals surface area contributed by atoms with Crippen molar-refractivity contribution in [2.45, 2.75) is 25.3 Å². The summed E-state index contributed by atoms with van der Waals surface area (Å²) in [6.07, 6.45) is 5.48. The third-order valence-corrected chi connectivity index (χ3v) is 4.89. The van der Waals surface area contributed by atoms with Crippen LogP contribution in [0.15, 0.2) is 41.7 Å². The molecule has 2 aliphatic rings. The second-order valence-corrected chi connectivity index (χ2v) is 6.98. The van der Waals surface area contributed by atoms with E-state index in [2.05, 4.69) is 35.1 Å². The van der Waals surface area contributed by atoms with Gasteiger partial charge in [0.2, 0.25) is 0 Å². The first kappa shape index (κ1) is 17.7. The first-order valence-electron chi connectivity index (χ1n) is 8.23. The van der Waals surface area contributed by atoms with Gasteiger partial charge < -0.3 is 15.6 Å². The first-order chi connectivity index (χ1) is 12.1. The maximum atomic E-state index is 7.00. The second kappa shape index (κ2) is 7.02. The fourth-order valence-electron chi connectivity index (χ4n) is 3.78. The van der Waals surface area contributed by atoms with Crippen LogP contribution in [-0.2, 0) is 16.7 Å². The van der Waals surface area contributed by atoms with E-state index in [0.717, 1.165) is 31.1 Å². The fraction of sp³-hybridized carbons (Fsp3) is 0.368. The number of amidine groups is 1. The van der Waals surface area contributed by atoms with Gasteiger partial charge in [-0.2, -0.15) is 0 Å². The smallest absolute Gasteiger partial charge is 0.283 e. The zero-order valence-electron chi connectivity index (χ0n) is 14.4. The van der Waals surface area contributed by atoms with Crippen LogP contribution in [0.2, 0.25) is 5.02 Å². The number of hydrogen-bond acceptors (Lipinski definition) is 5. The quantitative estimate of drug-likeness (QED) is 0.819. The molecule has 0 amide bonds. The summed E-state index contributed by atoms with van der Waals surface area (Å²) in [6.45, 7) is 2.77. The van der Waals surface area contributed by atoms with Gasteiger partial charge in [-0.1, -0.05) is 30.7 Å². The van der Waals surface area contributed by atoms with Crippen LogP contribution in [0.25, 0.3) is 11.1 Å². The Morgan fingerprint density at radius 3 is 2.72 bits per heavy atom. The summed E-state index contributed by atoms with van der Waals surface area (Å²) in [4.78, 5) is 8.84. The maximum absolute atomic E-state index is 7.00. The largest absolute Gasteiger partial charge is 0.462 e. The number of nitrogens with two attached hydrogens (primary N) is 1. The van der Waals surface area contributed by atoms with Crippen molar-refractivity contribution in [3.05, 3.63) is 52.8 Å². The molecule has 0 saturated heterocycles. The van der Waals surface area contributed by atoms with Gasteiger partial charge in [0.25, 0.3) is 6.02 Å². The molecule has 4 rings (SSSR count). The van der Waals surface area contributed by atoms with Crippen LogP contribution in [0.4, 0.5) is 0 Å². The molecule has 132 valence electrons. The number of hydrogen-bond donors (Lipinski definition) is 2. The Balaban J connectivity index is 0.000000880. The number of aromatic nitrogens is 1. The molecule has 2 atom stereocenters. The maximum Gasteiger partial charge on any atom is 0.283 e. The van der Waals surface area contributed by atoms with Crippen molar-refractivity contribution in [1.82, 2.24) is 4.98 Å². The second-order valence-electron chi connectivity index (χ2n) is 6.55. The highest BCUT2D eigenvalue weighted by Gasteiger charge is 2.43. The molecule has 1 aromatic heterocycles. The molecule has 2 aromatic rings. The Morgan fingerprint density at radius 1 is 1.24 bits per heavy atom. The van der Waals surface area contributed by atoms with Crippen LogP contribution in [0.3, 0.4) is 0 Å². The summed E-state index contributed by atoms with van der Waals surface area (Å²) in [7, 11) is 1.00. The molecule has 3 N–H and O–H groups in total. The molecule has 1 aliphatic heterocycles. The molecule has 0 saturated carbocycles.